The molecule has 2 amide bonds. The standard InChI is InChI=1S/C25H25ClFN5O5S/c1-25(2,3)24-31-30-22(37-24)16-9-19-20(10-17(16)27)38(35,36)13-18(29-21(33)11-28-4)23(34)32(19)12-14-5-7-15(26)8-6-14/h5-10,13,28H,11-12H2,1-4H3,(H,29,33). The van der Waals surface area contributed by atoms with Crippen LogP contribution in [-0.4, -0.2) is 44.0 Å². The Bertz CT molecular complexity index is 1550. The molecule has 2 heterocycles. The number of fused-ring (bicyclic) bond motifs is 1. The number of aromatic nitrogens is 2. The predicted molar refractivity (Wildman–Crippen MR) is 138 cm³/mol. The van der Waals surface area contributed by atoms with Crippen molar-refractivity contribution in [2.24, 2.45) is 0 Å². The highest BCUT2D eigenvalue weighted by molar-refractivity contribution is 7.94. The summed E-state index contributed by atoms with van der Waals surface area (Å²) >= 11 is 5.99. The second-order valence-electron chi connectivity index (χ2n) is 9.63. The summed E-state index contributed by atoms with van der Waals surface area (Å²) < 4.78 is 47.6. The summed E-state index contributed by atoms with van der Waals surface area (Å²) in [6.45, 7) is 5.24. The van der Waals surface area contributed by atoms with Gasteiger partial charge in [0.05, 0.1) is 34.6 Å². The SMILES string of the molecule is CNCC(=O)NC1=CS(=O)(=O)c2cc(F)c(-c3nnc(C(C)(C)C)o3)cc2N(Cc2ccc(Cl)cc2)C1=O. The van der Waals surface area contributed by atoms with Crippen molar-refractivity contribution in [2.45, 2.75) is 37.6 Å². The van der Waals surface area contributed by atoms with E-state index in [1.807, 2.05) is 20.8 Å². The Morgan fingerprint density at radius 1 is 1.16 bits per heavy atom. The molecule has 0 atom stereocenters. The van der Waals surface area contributed by atoms with E-state index in [-0.39, 0.29) is 36.1 Å². The second-order valence-corrected chi connectivity index (χ2v) is 11.8. The number of hydrogen-bond acceptors (Lipinski definition) is 8. The van der Waals surface area contributed by atoms with Crippen molar-refractivity contribution in [2.75, 3.05) is 18.5 Å². The van der Waals surface area contributed by atoms with Gasteiger partial charge in [0.1, 0.15) is 11.5 Å². The topological polar surface area (TPSA) is 134 Å². The van der Waals surface area contributed by atoms with Crippen molar-refractivity contribution in [3.8, 4) is 11.5 Å². The van der Waals surface area contributed by atoms with E-state index >= 15 is 4.39 Å². The van der Waals surface area contributed by atoms with Crippen molar-refractivity contribution in [3.63, 3.8) is 0 Å². The molecule has 0 spiro atoms. The van der Waals surface area contributed by atoms with Crippen molar-refractivity contribution < 1.29 is 26.8 Å². The fraction of sp³-hybridized carbons (Fsp3) is 0.280. The molecule has 38 heavy (non-hydrogen) atoms. The molecule has 0 unspecified atom stereocenters. The number of benzene rings is 2. The lowest BCUT2D eigenvalue weighted by Gasteiger charge is -2.24. The van der Waals surface area contributed by atoms with Crippen LogP contribution in [0, 0.1) is 5.82 Å². The summed E-state index contributed by atoms with van der Waals surface area (Å²) in [7, 11) is -2.86. The van der Waals surface area contributed by atoms with Crippen molar-refractivity contribution in [1.82, 2.24) is 20.8 Å². The lowest BCUT2D eigenvalue weighted by atomic mass is 9.97. The summed E-state index contributed by atoms with van der Waals surface area (Å²) in [5.74, 6) is -2.31. The van der Waals surface area contributed by atoms with Crippen molar-refractivity contribution in [3.05, 3.63) is 69.8 Å². The molecule has 0 aliphatic carbocycles. The Balaban J connectivity index is 1.90. The average Bonchev–Trinajstić information content (AvgIpc) is 3.31. The molecular formula is C25H25ClFN5O5S. The van der Waals surface area contributed by atoms with Crippen LogP contribution in [0.5, 0.6) is 0 Å². The van der Waals surface area contributed by atoms with Crippen LogP contribution in [0.2, 0.25) is 5.02 Å². The van der Waals surface area contributed by atoms with Crippen LogP contribution >= 0.6 is 11.6 Å². The van der Waals surface area contributed by atoms with E-state index < -0.39 is 43.5 Å². The normalized spacial score (nSPS) is 15.1. The maximum atomic E-state index is 15.3. The van der Waals surface area contributed by atoms with Gasteiger partial charge >= 0.3 is 0 Å². The molecule has 0 fully saturated rings. The van der Waals surface area contributed by atoms with E-state index in [1.54, 1.807) is 24.3 Å². The highest BCUT2D eigenvalue weighted by atomic mass is 35.5. The highest BCUT2D eigenvalue weighted by Gasteiger charge is 2.35. The minimum atomic E-state index is -4.38. The van der Waals surface area contributed by atoms with E-state index in [4.69, 9.17) is 16.0 Å². The van der Waals surface area contributed by atoms with Gasteiger partial charge in [0.2, 0.25) is 21.6 Å². The highest BCUT2D eigenvalue weighted by Crippen LogP contribution is 2.38. The third-order valence-electron chi connectivity index (χ3n) is 5.56. The van der Waals surface area contributed by atoms with Crippen LogP contribution in [0.3, 0.4) is 0 Å². The molecule has 1 aromatic heterocycles. The van der Waals surface area contributed by atoms with Crippen LogP contribution in [0.25, 0.3) is 11.5 Å². The van der Waals surface area contributed by atoms with Gasteiger partial charge in [-0.05, 0) is 36.9 Å². The lowest BCUT2D eigenvalue weighted by molar-refractivity contribution is -0.122. The molecule has 1 aliphatic heterocycles. The number of anilines is 1. The molecule has 0 saturated heterocycles. The van der Waals surface area contributed by atoms with Crippen LogP contribution in [-0.2, 0) is 31.4 Å². The number of likely N-dealkylation sites (N-methyl/N-ethyl adjacent to an activating group) is 1. The number of hydrogen-bond donors (Lipinski definition) is 2. The van der Waals surface area contributed by atoms with Gasteiger partial charge in [-0.1, -0.05) is 44.5 Å². The second kappa shape index (κ2) is 10.3. The largest absolute Gasteiger partial charge is 0.420 e. The van der Waals surface area contributed by atoms with Crippen molar-refractivity contribution >= 4 is 38.9 Å². The Morgan fingerprint density at radius 2 is 1.84 bits per heavy atom. The quantitative estimate of drug-likeness (QED) is 0.468. The lowest BCUT2D eigenvalue weighted by Crippen LogP contribution is -2.40. The number of halogens is 2. The fourth-order valence-corrected chi connectivity index (χ4v) is 5.12. The van der Waals surface area contributed by atoms with Crippen LogP contribution in [0.15, 0.2) is 56.8 Å². The number of rotatable bonds is 6. The number of sulfone groups is 1. The van der Waals surface area contributed by atoms with Gasteiger partial charge in [-0.2, -0.15) is 0 Å². The zero-order valence-electron chi connectivity index (χ0n) is 21.0. The summed E-state index contributed by atoms with van der Waals surface area (Å²) in [5.41, 5.74) is -0.695. The zero-order valence-corrected chi connectivity index (χ0v) is 22.6. The molecule has 0 saturated carbocycles. The van der Waals surface area contributed by atoms with Crippen LogP contribution < -0.4 is 15.5 Å². The molecule has 1 aliphatic rings. The number of carbonyl (C=O) groups excluding carboxylic acids is 2. The third-order valence-corrected chi connectivity index (χ3v) is 7.29. The van der Waals surface area contributed by atoms with E-state index in [9.17, 15) is 18.0 Å². The van der Waals surface area contributed by atoms with Gasteiger partial charge in [-0.3, -0.25) is 9.59 Å². The summed E-state index contributed by atoms with van der Waals surface area (Å²) in [4.78, 5) is 26.6. The maximum Gasteiger partial charge on any atom is 0.275 e. The molecule has 13 heteroatoms. The molecular weight excluding hydrogens is 537 g/mol. The van der Waals surface area contributed by atoms with E-state index in [1.165, 1.54) is 13.1 Å². The molecule has 2 N–H and O–H groups in total. The first kappa shape index (κ1) is 27.4. The van der Waals surface area contributed by atoms with Gasteiger partial charge in [-0.25, -0.2) is 12.8 Å². The third kappa shape index (κ3) is 5.62. The first-order valence-corrected chi connectivity index (χ1v) is 13.4. The minimum absolute atomic E-state index is 0.111. The summed E-state index contributed by atoms with van der Waals surface area (Å²) in [6, 6.07) is 8.54. The van der Waals surface area contributed by atoms with Gasteiger partial charge in [0.25, 0.3) is 11.8 Å². The predicted octanol–water partition coefficient (Wildman–Crippen LogP) is 3.32. The molecule has 2 aromatic carbocycles. The number of amides is 2. The van der Waals surface area contributed by atoms with Gasteiger partial charge in [0, 0.05) is 10.4 Å². The summed E-state index contributed by atoms with van der Waals surface area (Å²) in [5, 5.41) is 14.0. The Morgan fingerprint density at radius 3 is 2.45 bits per heavy atom. The Labute approximate surface area is 223 Å². The maximum absolute atomic E-state index is 15.3. The first-order valence-electron chi connectivity index (χ1n) is 11.5. The molecule has 200 valence electrons. The number of nitrogens with one attached hydrogen (secondary N) is 2. The fourth-order valence-electron chi connectivity index (χ4n) is 3.67. The van der Waals surface area contributed by atoms with Gasteiger partial charge in [0.15, 0.2) is 0 Å². The monoisotopic (exact) mass is 561 g/mol. The molecule has 0 radical (unpaired) electrons. The number of nitrogens with zero attached hydrogens (tertiary/aromatic N) is 3. The smallest absolute Gasteiger partial charge is 0.275 e. The van der Waals surface area contributed by atoms with Gasteiger partial charge in [-0.15, -0.1) is 10.2 Å². The van der Waals surface area contributed by atoms with E-state index in [0.717, 1.165) is 11.0 Å². The Kier molecular flexibility index (Phi) is 7.42. The summed E-state index contributed by atoms with van der Waals surface area (Å²) in [6.07, 6.45) is 0. The molecule has 10 nitrogen and oxygen atoms in total. The van der Waals surface area contributed by atoms with Crippen molar-refractivity contribution in [1.29, 1.82) is 0 Å². The Hall–Kier alpha value is -3.61. The molecule has 0 bridgehead atoms. The van der Waals surface area contributed by atoms with Crippen LogP contribution in [0.4, 0.5) is 10.1 Å². The molecule has 3 aromatic rings. The molecule has 4 rings (SSSR count). The van der Waals surface area contributed by atoms with Gasteiger partial charge < -0.3 is 20.0 Å². The van der Waals surface area contributed by atoms with E-state index in [2.05, 4.69) is 20.8 Å². The minimum Gasteiger partial charge on any atom is -0.420 e. The van der Waals surface area contributed by atoms with E-state index in [0.29, 0.717) is 16.0 Å². The van der Waals surface area contributed by atoms with Crippen LogP contribution in [0.1, 0.15) is 32.2 Å². The average molecular weight is 562 g/mol. The number of carbonyl (C=O) groups is 2. The zero-order chi connectivity index (χ0) is 27.8. The first-order chi connectivity index (χ1) is 17.8.